The Morgan fingerprint density at radius 3 is 0.812 bits per heavy atom. The maximum Gasteiger partial charge on any atom is 0.381 e. The van der Waals surface area contributed by atoms with Gasteiger partial charge in [-0.1, -0.05) is 12.7 Å². The highest BCUT2D eigenvalue weighted by Gasteiger charge is 1.88. The summed E-state index contributed by atoms with van der Waals surface area (Å²) in [5.41, 5.74) is 0. The molecule has 0 unspecified atom stereocenters. The minimum atomic E-state index is -1.26. The number of aliphatic carboxylic acids is 7. The number of carboxylic acid groups (broad SMARTS) is 7. The van der Waals surface area contributed by atoms with E-state index in [1.807, 2.05) is 0 Å². The molecule has 0 aromatic rings. The molecule has 0 aliphatic carbocycles. The van der Waals surface area contributed by atoms with Crippen LogP contribution in [0.25, 0.3) is 0 Å². The Hall–Kier alpha value is -5.19. The Morgan fingerprint density at radius 2 is 0.781 bits per heavy atom. The van der Waals surface area contributed by atoms with Crippen LogP contribution in [-0.4, -0.2) is 77.5 Å². The quantitative estimate of drug-likeness (QED) is 0.204. The van der Waals surface area contributed by atoms with E-state index < -0.39 is 41.8 Å². The minimum Gasteiger partial charge on any atom is -0.478 e. The molecule has 14 heteroatoms. The zero-order chi connectivity index (χ0) is 26.7. The van der Waals surface area contributed by atoms with Gasteiger partial charge in [-0.05, 0) is 6.92 Å². The summed E-state index contributed by atoms with van der Waals surface area (Å²) in [5, 5.41) is 54.2. The molecule has 0 amide bonds. The summed E-state index contributed by atoms with van der Waals surface area (Å²) in [6.07, 6.45) is 9.94. The van der Waals surface area contributed by atoms with Gasteiger partial charge < -0.3 is 35.7 Å². The number of allylic oxidation sites excluding steroid dienone is 1. The van der Waals surface area contributed by atoms with Crippen LogP contribution >= 0.6 is 0 Å². The van der Waals surface area contributed by atoms with E-state index in [4.69, 9.17) is 40.5 Å². The van der Waals surface area contributed by atoms with Gasteiger partial charge in [0.25, 0.3) is 0 Å². The summed E-state index contributed by atoms with van der Waals surface area (Å²) in [5.74, 6) is -6.67. The maximum atomic E-state index is 9.55. The number of hydrogen-bond acceptors (Lipinski definition) is 7. The van der Waals surface area contributed by atoms with E-state index in [0.29, 0.717) is 24.3 Å². The molecule has 0 fully saturated rings. The summed E-state index contributed by atoms with van der Waals surface area (Å²) >= 11 is 0. The Balaban J connectivity index is -0.0000000965. The first-order chi connectivity index (χ1) is 14.6. The summed E-state index contributed by atoms with van der Waals surface area (Å²) < 4.78 is 0. The number of carboxylic acids is 7. The van der Waals surface area contributed by atoms with Gasteiger partial charge in [0, 0.05) is 42.4 Å². The lowest BCUT2D eigenvalue weighted by atomic mass is 10.5. The highest BCUT2D eigenvalue weighted by atomic mass is 16.4. The van der Waals surface area contributed by atoms with Crippen LogP contribution in [0.3, 0.4) is 0 Å². The molecule has 32 heavy (non-hydrogen) atoms. The van der Waals surface area contributed by atoms with Gasteiger partial charge in [0.2, 0.25) is 0 Å². The molecule has 14 nitrogen and oxygen atoms in total. The zero-order valence-corrected chi connectivity index (χ0v) is 16.3. The molecular formula is C18H20O14. The number of terminal acetylenes is 1. The molecule has 0 radical (unpaired) electrons. The van der Waals surface area contributed by atoms with Crippen molar-refractivity contribution in [1.29, 1.82) is 0 Å². The molecule has 0 saturated carbocycles. The lowest BCUT2D eigenvalue weighted by Crippen LogP contribution is -1.91. The van der Waals surface area contributed by atoms with Gasteiger partial charge in [-0.15, -0.1) is 6.42 Å². The molecule has 0 bridgehead atoms. The monoisotopic (exact) mass is 460 g/mol. The third-order valence-electron chi connectivity index (χ3n) is 1.34. The van der Waals surface area contributed by atoms with Crippen LogP contribution in [0.4, 0.5) is 0 Å². The minimum absolute atomic E-state index is 0.558. The second kappa shape index (κ2) is 28.0. The number of rotatable bonds is 6. The largest absolute Gasteiger partial charge is 0.478 e. The summed E-state index contributed by atoms with van der Waals surface area (Å²) in [7, 11) is 0. The van der Waals surface area contributed by atoms with E-state index in [1.54, 1.807) is 6.92 Å². The number of carbonyl (C=O) groups is 7. The third-order valence-corrected chi connectivity index (χ3v) is 1.34. The van der Waals surface area contributed by atoms with Crippen molar-refractivity contribution < 1.29 is 69.3 Å². The van der Waals surface area contributed by atoms with Crippen molar-refractivity contribution in [1.82, 2.24) is 0 Å². The standard InChI is InChI=1S/2C4H4O4.C4H6O2.C3H4O2.C3H2O2/c2*5-3(6)1-2-4(7)8;1-2-3-4(5)6;2*1-2-3(4)5/h2*1-2H,(H,5,6)(H,7,8);2-3H,1H3,(H,5,6);2H,1H2,(H,4,5);1H,(H,4,5)/b2-1+;2-1-;3-2+;;. The van der Waals surface area contributed by atoms with Crippen molar-refractivity contribution >= 4 is 41.8 Å². The second-order valence-electron chi connectivity index (χ2n) is 3.85. The van der Waals surface area contributed by atoms with Gasteiger partial charge in [-0.3, -0.25) is 0 Å². The average Bonchev–Trinajstić information content (AvgIpc) is 2.66. The highest BCUT2D eigenvalue weighted by molar-refractivity contribution is 5.90. The van der Waals surface area contributed by atoms with Crippen LogP contribution in [0.1, 0.15) is 6.92 Å². The van der Waals surface area contributed by atoms with Crippen molar-refractivity contribution in [3.63, 3.8) is 0 Å². The van der Waals surface area contributed by atoms with Gasteiger partial charge in [-0.2, -0.15) is 0 Å². The molecule has 0 rings (SSSR count). The van der Waals surface area contributed by atoms with Crippen molar-refractivity contribution in [3.8, 4) is 12.3 Å². The van der Waals surface area contributed by atoms with E-state index in [2.05, 4.69) is 13.0 Å². The first kappa shape index (κ1) is 37.5. The van der Waals surface area contributed by atoms with Gasteiger partial charge >= 0.3 is 41.8 Å². The summed E-state index contributed by atoms with van der Waals surface area (Å²) in [4.78, 5) is 66.1. The topological polar surface area (TPSA) is 261 Å². The molecule has 0 heterocycles. The van der Waals surface area contributed by atoms with Crippen molar-refractivity contribution in [2.45, 2.75) is 6.92 Å². The fraction of sp³-hybridized carbons (Fsp3) is 0.0556. The molecule has 176 valence electrons. The van der Waals surface area contributed by atoms with E-state index in [0.717, 1.165) is 12.2 Å². The van der Waals surface area contributed by atoms with E-state index in [1.165, 1.54) is 12.0 Å². The molecule has 0 aromatic carbocycles. The predicted molar refractivity (Wildman–Crippen MR) is 106 cm³/mol. The van der Waals surface area contributed by atoms with Crippen LogP contribution in [0.15, 0.2) is 49.1 Å². The third kappa shape index (κ3) is 101. The Labute approximate surface area is 180 Å². The molecular weight excluding hydrogens is 440 g/mol. The van der Waals surface area contributed by atoms with E-state index in [-0.39, 0.29) is 0 Å². The number of hydrogen-bond donors (Lipinski definition) is 7. The van der Waals surface area contributed by atoms with Crippen LogP contribution in [0.2, 0.25) is 0 Å². The molecule has 0 aromatic heterocycles. The fourth-order valence-corrected chi connectivity index (χ4v) is 0.428. The van der Waals surface area contributed by atoms with Crippen LogP contribution in [-0.2, 0) is 33.6 Å². The molecule has 0 spiro atoms. The summed E-state index contributed by atoms with van der Waals surface area (Å²) in [6, 6.07) is 0. The normalized spacial score (nSPS) is 8.38. The lowest BCUT2D eigenvalue weighted by molar-refractivity contribution is -0.134. The zero-order valence-electron chi connectivity index (χ0n) is 16.3. The van der Waals surface area contributed by atoms with Gasteiger partial charge in [0.1, 0.15) is 0 Å². The van der Waals surface area contributed by atoms with Crippen LogP contribution in [0.5, 0.6) is 0 Å². The Bertz CT molecular complexity index is 712. The van der Waals surface area contributed by atoms with Crippen molar-refractivity contribution in [3.05, 3.63) is 49.1 Å². The summed E-state index contributed by atoms with van der Waals surface area (Å²) in [6.45, 7) is 4.62. The molecule has 0 saturated heterocycles. The predicted octanol–water partition coefficient (Wildman–Crippen LogP) is 0.0319. The smallest absolute Gasteiger partial charge is 0.381 e. The average molecular weight is 460 g/mol. The van der Waals surface area contributed by atoms with E-state index in [9.17, 15) is 28.8 Å². The van der Waals surface area contributed by atoms with Gasteiger partial charge in [0.15, 0.2) is 0 Å². The van der Waals surface area contributed by atoms with Gasteiger partial charge in [-0.25, -0.2) is 33.6 Å². The maximum absolute atomic E-state index is 9.55. The Kier molecular flexibility index (Phi) is 32.9. The molecule has 0 atom stereocenters. The fourth-order valence-electron chi connectivity index (χ4n) is 0.428. The highest BCUT2D eigenvalue weighted by Crippen LogP contribution is 1.71. The second-order valence-corrected chi connectivity index (χ2v) is 3.85. The molecule has 0 aliphatic heterocycles. The first-order valence-electron chi connectivity index (χ1n) is 7.25. The lowest BCUT2D eigenvalue weighted by Gasteiger charge is -1.74. The van der Waals surface area contributed by atoms with Crippen molar-refractivity contribution in [2.24, 2.45) is 0 Å². The van der Waals surface area contributed by atoms with Gasteiger partial charge in [0.05, 0.1) is 0 Å². The Morgan fingerprint density at radius 1 is 0.594 bits per heavy atom. The molecule has 0 aliphatic rings. The van der Waals surface area contributed by atoms with E-state index >= 15 is 0 Å². The van der Waals surface area contributed by atoms with Crippen LogP contribution in [0, 0.1) is 12.3 Å². The van der Waals surface area contributed by atoms with Crippen LogP contribution < -0.4 is 0 Å². The SMILES string of the molecule is C#CC(=O)O.C/C=C/C(=O)O.C=CC(=O)O.O=C(O)/C=C/C(=O)O.O=C(O)/C=C\C(=O)O. The van der Waals surface area contributed by atoms with Crippen molar-refractivity contribution in [2.75, 3.05) is 0 Å². The first-order valence-corrected chi connectivity index (χ1v) is 7.25. The molecule has 7 N–H and O–H groups in total.